The molecule has 1 N–H and O–H groups in total. The molecule has 2 aromatic rings. The lowest BCUT2D eigenvalue weighted by molar-refractivity contribution is 0.315. The number of hydrogen-bond acceptors (Lipinski definition) is 2. The van der Waals surface area contributed by atoms with Crippen molar-refractivity contribution in [3.63, 3.8) is 0 Å². The molecule has 4 heteroatoms. The lowest BCUT2D eigenvalue weighted by Crippen LogP contribution is -2.08. The van der Waals surface area contributed by atoms with Crippen molar-refractivity contribution < 1.29 is 9.13 Å². The smallest absolute Gasteiger partial charge is 0.164 e. The van der Waals surface area contributed by atoms with Crippen LogP contribution in [0.2, 0.25) is 5.02 Å². The Balaban J connectivity index is 1.71. The van der Waals surface area contributed by atoms with E-state index in [4.69, 9.17) is 16.3 Å². The van der Waals surface area contributed by atoms with Crippen molar-refractivity contribution >= 4 is 17.3 Å². The maximum absolute atomic E-state index is 13.6. The Kier molecular flexibility index (Phi) is 5.04. The summed E-state index contributed by atoms with van der Waals surface area (Å²) >= 11 is 5.69. The van der Waals surface area contributed by atoms with Gasteiger partial charge in [0.2, 0.25) is 0 Å². The summed E-state index contributed by atoms with van der Waals surface area (Å²) in [6, 6.07) is 14.5. The van der Waals surface area contributed by atoms with Gasteiger partial charge in [0.25, 0.3) is 0 Å². The molecule has 2 aromatic carbocycles. The quantitative estimate of drug-likeness (QED) is 0.793. The van der Waals surface area contributed by atoms with Crippen LogP contribution in [0.25, 0.3) is 0 Å². The molecule has 19 heavy (non-hydrogen) atoms. The number of ether oxygens (including phenoxy) is 1. The predicted molar refractivity (Wildman–Crippen MR) is 76.5 cm³/mol. The molecule has 0 atom stereocenters. The number of para-hydroxylation sites is 1. The van der Waals surface area contributed by atoms with E-state index in [0.29, 0.717) is 18.8 Å². The molecule has 0 bridgehead atoms. The van der Waals surface area contributed by atoms with Gasteiger partial charge in [-0.1, -0.05) is 35.9 Å². The highest BCUT2D eigenvalue weighted by molar-refractivity contribution is 6.31. The second-order valence-electron chi connectivity index (χ2n) is 4.04. The number of halogens is 2. The molecule has 0 amide bonds. The van der Waals surface area contributed by atoms with Crippen LogP contribution in [-0.2, 0) is 0 Å². The Bertz CT molecular complexity index is 519. The topological polar surface area (TPSA) is 21.3 Å². The molecule has 0 aliphatic heterocycles. The number of hydrogen-bond donors (Lipinski definition) is 1. The predicted octanol–water partition coefficient (Wildman–Crippen LogP) is 4.36. The fourth-order valence-corrected chi connectivity index (χ4v) is 1.82. The van der Waals surface area contributed by atoms with E-state index in [2.05, 4.69) is 5.32 Å². The van der Waals surface area contributed by atoms with Gasteiger partial charge in [-0.05, 0) is 30.7 Å². The summed E-state index contributed by atoms with van der Waals surface area (Å²) in [5, 5.41) is 3.13. The maximum Gasteiger partial charge on any atom is 0.164 e. The standard InChI is InChI=1S/C15H15ClFNO/c16-13-8-4-9-14(15(13)17)18-10-5-11-19-12-6-2-1-3-7-12/h1-4,6-9,18H,5,10-11H2. The van der Waals surface area contributed by atoms with Crippen LogP contribution in [0.5, 0.6) is 5.75 Å². The van der Waals surface area contributed by atoms with Gasteiger partial charge in [-0.15, -0.1) is 0 Å². The van der Waals surface area contributed by atoms with Crippen molar-refractivity contribution in [3.8, 4) is 5.75 Å². The van der Waals surface area contributed by atoms with Gasteiger partial charge in [-0.25, -0.2) is 4.39 Å². The SMILES string of the molecule is Fc1c(Cl)cccc1NCCCOc1ccccc1. The fraction of sp³-hybridized carbons (Fsp3) is 0.200. The summed E-state index contributed by atoms with van der Waals surface area (Å²) in [4.78, 5) is 0. The maximum atomic E-state index is 13.6. The Hall–Kier alpha value is -1.74. The zero-order chi connectivity index (χ0) is 13.5. The third-order valence-electron chi connectivity index (χ3n) is 2.60. The largest absolute Gasteiger partial charge is 0.494 e. The van der Waals surface area contributed by atoms with Gasteiger partial charge in [0, 0.05) is 6.54 Å². The van der Waals surface area contributed by atoms with Gasteiger partial charge in [0.15, 0.2) is 5.82 Å². The molecule has 0 unspecified atom stereocenters. The fourth-order valence-electron chi connectivity index (χ4n) is 1.64. The van der Waals surface area contributed by atoms with E-state index in [1.807, 2.05) is 30.3 Å². The molecule has 0 fully saturated rings. The first-order chi connectivity index (χ1) is 9.27. The zero-order valence-electron chi connectivity index (χ0n) is 10.4. The van der Waals surface area contributed by atoms with Crippen LogP contribution in [0.15, 0.2) is 48.5 Å². The third-order valence-corrected chi connectivity index (χ3v) is 2.89. The molecular formula is C15H15ClFNO. The van der Waals surface area contributed by atoms with E-state index < -0.39 is 5.82 Å². The van der Waals surface area contributed by atoms with Crippen molar-refractivity contribution in [2.75, 3.05) is 18.5 Å². The molecular weight excluding hydrogens is 265 g/mol. The molecule has 100 valence electrons. The molecule has 0 aliphatic carbocycles. The molecule has 2 nitrogen and oxygen atoms in total. The highest BCUT2D eigenvalue weighted by atomic mass is 35.5. The van der Waals surface area contributed by atoms with E-state index in [1.54, 1.807) is 12.1 Å². The number of rotatable bonds is 6. The van der Waals surface area contributed by atoms with Crippen molar-refractivity contribution in [1.29, 1.82) is 0 Å². The second kappa shape index (κ2) is 7.00. The Morgan fingerprint density at radius 3 is 2.63 bits per heavy atom. The summed E-state index contributed by atoms with van der Waals surface area (Å²) < 4.78 is 19.1. The summed E-state index contributed by atoms with van der Waals surface area (Å²) in [5.41, 5.74) is 0.423. The molecule has 0 radical (unpaired) electrons. The van der Waals surface area contributed by atoms with E-state index >= 15 is 0 Å². The average molecular weight is 280 g/mol. The van der Waals surface area contributed by atoms with Gasteiger partial charge < -0.3 is 10.1 Å². The van der Waals surface area contributed by atoms with Crippen LogP contribution in [0.4, 0.5) is 10.1 Å². The molecule has 0 saturated carbocycles. The minimum Gasteiger partial charge on any atom is -0.494 e. The van der Waals surface area contributed by atoms with Gasteiger partial charge in [0.1, 0.15) is 5.75 Å². The Morgan fingerprint density at radius 1 is 1.05 bits per heavy atom. The van der Waals surface area contributed by atoms with Crippen LogP contribution < -0.4 is 10.1 Å². The average Bonchev–Trinajstić information content (AvgIpc) is 2.44. The lowest BCUT2D eigenvalue weighted by atomic mass is 10.3. The first kappa shape index (κ1) is 13.7. The van der Waals surface area contributed by atoms with Gasteiger partial charge in [0.05, 0.1) is 17.3 Å². The first-order valence-electron chi connectivity index (χ1n) is 6.13. The summed E-state index contributed by atoms with van der Waals surface area (Å²) in [6.45, 7) is 1.21. The zero-order valence-corrected chi connectivity index (χ0v) is 11.2. The van der Waals surface area contributed by atoms with Crippen LogP contribution in [-0.4, -0.2) is 13.2 Å². The van der Waals surface area contributed by atoms with Crippen LogP contribution in [0.3, 0.4) is 0 Å². The molecule has 0 heterocycles. The van der Waals surface area contributed by atoms with E-state index in [9.17, 15) is 4.39 Å². The third kappa shape index (κ3) is 4.14. The van der Waals surface area contributed by atoms with Gasteiger partial charge in [-0.3, -0.25) is 0 Å². The number of benzene rings is 2. The van der Waals surface area contributed by atoms with Gasteiger partial charge >= 0.3 is 0 Å². The first-order valence-corrected chi connectivity index (χ1v) is 6.51. The van der Waals surface area contributed by atoms with Crippen LogP contribution in [0.1, 0.15) is 6.42 Å². The van der Waals surface area contributed by atoms with E-state index in [-0.39, 0.29) is 5.02 Å². The number of nitrogens with one attached hydrogen (secondary N) is 1. The Labute approximate surface area is 117 Å². The lowest BCUT2D eigenvalue weighted by Gasteiger charge is -2.09. The normalized spacial score (nSPS) is 10.2. The minimum atomic E-state index is -0.409. The van der Waals surface area contributed by atoms with Crippen molar-refractivity contribution in [1.82, 2.24) is 0 Å². The van der Waals surface area contributed by atoms with Gasteiger partial charge in [-0.2, -0.15) is 0 Å². The van der Waals surface area contributed by atoms with Crippen molar-refractivity contribution in [2.24, 2.45) is 0 Å². The van der Waals surface area contributed by atoms with E-state index in [1.165, 1.54) is 6.07 Å². The summed E-state index contributed by atoms with van der Waals surface area (Å²) in [5.74, 6) is 0.435. The highest BCUT2D eigenvalue weighted by Crippen LogP contribution is 2.21. The highest BCUT2D eigenvalue weighted by Gasteiger charge is 2.04. The van der Waals surface area contributed by atoms with Crippen LogP contribution in [0, 0.1) is 5.82 Å². The molecule has 2 rings (SSSR count). The minimum absolute atomic E-state index is 0.130. The van der Waals surface area contributed by atoms with Crippen LogP contribution >= 0.6 is 11.6 Å². The van der Waals surface area contributed by atoms with Crippen molar-refractivity contribution in [3.05, 3.63) is 59.4 Å². The second-order valence-corrected chi connectivity index (χ2v) is 4.45. The summed E-state index contributed by atoms with van der Waals surface area (Å²) in [7, 11) is 0. The van der Waals surface area contributed by atoms with E-state index in [0.717, 1.165) is 12.2 Å². The Morgan fingerprint density at radius 2 is 1.84 bits per heavy atom. The number of anilines is 1. The van der Waals surface area contributed by atoms with Crippen molar-refractivity contribution in [2.45, 2.75) is 6.42 Å². The molecule has 0 spiro atoms. The molecule has 0 aliphatic rings. The molecule has 0 aromatic heterocycles. The molecule has 0 saturated heterocycles. The monoisotopic (exact) mass is 279 g/mol. The summed E-state index contributed by atoms with van der Waals surface area (Å²) in [6.07, 6.45) is 0.779.